The van der Waals surface area contributed by atoms with E-state index < -0.39 is 0 Å². The number of fused-ring (bicyclic) bond motifs is 1. The number of hydrogen-bond donors (Lipinski definition) is 1. The van der Waals surface area contributed by atoms with Crippen molar-refractivity contribution in [2.75, 3.05) is 20.3 Å². The van der Waals surface area contributed by atoms with Crippen LogP contribution in [0.3, 0.4) is 0 Å². The summed E-state index contributed by atoms with van der Waals surface area (Å²) in [4.78, 5) is 21.2. The molecule has 7 heteroatoms. The third-order valence-electron chi connectivity index (χ3n) is 6.07. The van der Waals surface area contributed by atoms with Crippen LogP contribution in [-0.2, 0) is 13.0 Å². The van der Waals surface area contributed by atoms with Gasteiger partial charge in [0.15, 0.2) is 11.5 Å². The number of aryl methyl sites for hydroxylation is 2. The summed E-state index contributed by atoms with van der Waals surface area (Å²) in [6.45, 7) is 4.03. The molecule has 0 spiro atoms. The van der Waals surface area contributed by atoms with Gasteiger partial charge in [-0.2, -0.15) is 0 Å². The number of methoxy groups -OCH3 is 1. The zero-order valence-corrected chi connectivity index (χ0v) is 21.5. The van der Waals surface area contributed by atoms with E-state index in [9.17, 15) is 4.79 Å². The topological polar surface area (TPSA) is 78.3 Å². The molecular weight excluding hydrogens is 464 g/mol. The lowest BCUT2D eigenvalue weighted by molar-refractivity contribution is 0.0948. The number of allylic oxidation sites excluding steroid dienone is 1. The number of aromatic nitrogens is 3. The molecule has 0 fully saturated rings. The lowest BCUT2D eigenvalue weighted by atomic mass is 10.2. The summed E-state index contributed by atoms with van der Waals surface area (Å²) in [6, 6.07) is 19.5. The monoisotopic (exact) mass is 498 g/mol. The Morgan fingerprint density at radius 3 is 2.70 bits per heavy atom. The van der Waals surface area contributed by atoms with Gasteiger partial charge in [0.2, 0.25) is 0 Å². The molecule has 2 aromatic carbocycles. The van der Waals surface area contributed by atoms with Crippen molar-refractivity contribution in [3.8, 4) is 11.5 Å². The van der Waals surface area contributed by atoms with Crippen LogP contribution in [0.15, 0.2) is 72.9 Å². The molecule has 0 bridgehead atoms. The van der Waals surface area contributed by atoms with E-state index in [2.05, 4.69) is 20.9 Å². The molecule has 7 nitrogen and oxygen atoms in total. The van der Waals surface area contributed by atoms with Crippen LogP contribution in [0, 0.1) is 0 Å². The number of amides is 1. The molecule has 0 saturated carbocycles. The van der Waals surface area contributed by atoms with E-state index in [1.807, 2.05) is 61.5 Å². The number of ether oxygens (including phenoxy) is 2. The minimum absolute atomic E-state index is 0.151. The Bertz CT molecular complexity index is 1330. The Morgan fingerprint density at radius 2 is 1.89 bits per heavy atom. The summed E-state index contributed by atoms with van der Waals surface area (Å²) in [7, 11) is 1.66. The van der Waals surface area contributed by atoms with Gasteiger partial charge in [0, 0.05) is 25.7 Å². The molecular formula is C30H34N4O3. The Balaban J connectivity index is 1.29. The zero-order chi connectivity index (χ0) is 25.9. The fraction of sp³-hybridized carbons (Fsp3) is 0.300. The van der Waals surface area contributed by atoms with Crippen molar-refractivity contribution in [3.05, 3.63) is 90.0 Å². The van der Waals surface area contributed by atoms with Crippen LogP contribution >= 0.6 is 0 Å². The SMILES string of the molecule is C/C=C/c1ccc(OCCCCn2c(CCCNC(=O)c3ccccn3)nc3ccccc32)c(OC)c1. The van der Waals surface area contributed by atoms with Crippen LogP contribution in [0.5, 0.6) is 11.5 Å². The number of unbranched alkanes of at least 4 members (excludes halogenated alkanes) is 1. The molecule has 4 rings (SSSR count). The number of imidazole rings is 1. The number of nitrogens with zero attached hydrogens (tertiary/aromatic N) is 3. The van der Waals surface area contributed by atoms with Crippen LogP contribution in [0.1, 0.15) is 48.1 Å². The molecule has 2 heterocycles. The van der Waals surface area contributed by atoms with E-state index in [1.54, 1.807) is 25.4 Å². The fourth-order valence-corrected chi connectivity index (χ4v) is 4.26. The predicted molar refractivity (Wildman–Crippen MR) is 147 cm³/mol. The quantitative estimate of drug-likeness (QED) is 0.240. The second-order valence-electron chi connectivity index (χ2n) is 8.71. The second-order valence-corrected chi connectivity index (χ2v) is 8.71. The van der Waals surface area contributed by atoms with Gasteiger partial charge in [-0.15, -0.1) is 0 Å². The highest BCUT2D eigenvalue weighted by atomic mass is 16.5. The van der Waals surface area contributed by atoms with Gasteiger partial charge in [0.25, 0.3) is 5.91 Å². The predicted octanol–water partition coefficient (Wildman–Crippen LogP) is 5.69. The van der Waals surface area contributed by atoms with Crippen LogP contribution < -0.4 is 14.8 Å². The molecule has 1 amide bonds. The molecule has 0 aliphatic heterocycles. The van der Waals surface area contributed by atoms with E-state index in [0.717, 1.165) is 66.1 Å². The Kier molecular flexibility index (Phi) is 9.29. The van der Waals surface area contributed by atoms with E-state index >= 15 is 0 Å². The molecule has 4 aromatic rings. The van der Waals surface area contributed by atoms with E-state index in [1.165, 1.54) is 0 Å². The third-order valence-corrected chi connectivity index (χ3v) is 6.07. The highest BCUT2D eigenvalue weighted by Crippen LogP contribution is 2.29. The smallest absolute Gasteiger partial charge is 0.269 e. The van der Waals surface area contributed by atoms with E-state index in [0.29, 0.717) is 18.8 Å². The van der Waals surface area contributed by atoms with Crippen LogP contribution in [0.4, 0.5) is 0 Å². The zero-order valence-electron chi connectivity index (χ0n) is 21.5. The van der Waals surface area contributed by atoms with Gasteiger partial charge in [-0.05, 0) is 68.1 Å². The number of para-hydroxylation sites is 2. The maximum absolute atomic E-state index is 12.2. The van der Waals surface area contributed by atoms with Crippen molar-refractivity contribution in [3.63, 3.8) is 0 Å². The molecule has 0 aliphatic carbocycles. The first-order valence-corrected chi connectivity index (χ1v) is 12.8. The van der Waals surface area contributed by atoms with Crippen molar-refractivity contribution in [2.45, 2.75) is 39.2 Å². The highest BCUT2D eigenvalue weighted by molar-refractivity contribution is 5.92. The lowest BCUT2D eigenvalue weighted by Gasteiger charge is -2.12. The van der Waals surface area contributed by atoms with Crippen LogP contribution in [0.2, 0.25) is 0 Å². The molecule has 0 saturated heterocycles. The summed E-state index contributed by atoms with van der Waals surface area (Å²) in [5.74, 6) is 2.39. The molecule has 0 atom stereocenters. The first-order chi connectivity index (χ1) is 18.2. The van der Waals surface area contributed by atoms with Gasteiger partial charge in [-0.3, -0.25) is 9.78 Å². The van der Waals surface area contributed by atoms with Gasteiger partial charge in [0.1, 0.15) is 11.5 Å². The Labute approximate surface area is 218 Å². The van der Waals surface area contributed by atoms with Crippen LogP contribution in [0.25, 0.3) is 17.1 Å². The van der Waals surface area contributed by atoms with Gasteiger partial charge in [0.05, 0.1) is 24.8 Å². The summed E-state index contributed by atoms with van der Waals surface area (Å²) >= 11 is 0. The molecule has 1 N–H and O–H groups in total. The minimum Gasteiger partial charge on any atom is -0.493 e. The average molecular weight is 499 g/mol. The first-order valence-electron chi connectivity index (χ1n) is 12.8. The summed E-state index contributed by atoms with van der Waals surface area (Å²) < 4.78 is 13.8. The number of pyridine rings is 1. The number of rotatable bonds is 13. The number of nitrogens with one attached hydrogen (secondary N) is 1. The normalized spacial score (nSPS) is 11.2. The number of carbonyl (C=O) groups excluding carboxylic acids is 1. The second kappa shape index (κ2) is 13.3. The molecule has 192 valence electrons. The summed E-state index contributed by atoms with van der Waals surface area (Å²) in [5, 5.41) is 2.95. The molecule has 0 aliphatic rings. The molecule has 0 radical (unpaired) electrons. The minimum atomic E-state index is -0.151. The van der Waals surface area contributed by atoms with E-state index in [4.69, 9.17) is 14.5 Å². The number of carbonyl (C=O) groups is 1. The Morgan fingerprint density at radius 1 is 1.03 bits per heavy atom. The summed E-state index contributed by atoms with van der Waals surface area (Å²) in [6.07, 6.45) is 9.11. The molecule has 2 aromatic heterocycles. The van der Waals surface area contributed by atoms with Crippen molar-refractivity contribution in [1.29, 1.82) is 0 Å². The Hall–Kier alpha value is -4.13. The largest absolute Gasteiger partial charge is 0.493 e. The standard InChI is InChI=1S/C30H34N4O3/c1-3-11-23-16-17-27(28(22-23)36-2)37-21-9-8-20-34-26-14-5-4-12-24(26)33-29(34)15-10-19-32-30(35)25-13-6-7-18-31-25/h3-7,11-14,16-18,22H,8-10,15,19-21H2,1-2H3,(H,32,35)/b11-3+. The third kappa shape index (κ3) is 6.97. The van der Waals surface area contributed by atoms with Gasteiger partial charge in [-0.1, -0.05) is 36.4 Å². The van der Waals surface area contributed by atoms with Gasteiger partial charge < -0.3 is 19.4 Å². The fourth-order valence-electron chi connectivity index (χ4n) is 4.26. The highest BCUT2D eigenvalue weighted by Gasteiger charge is 2.11. The first kappa shape index (κ1) is 25.9. The van der Waals surface area contributed by atoms with Gasteiger partial charge in [-0.25, -0.2) is 4.98 Å². The maximum atomic E-state index is 12.2. The van der Waals surface area contributed by atoms with Crippen LogP contribution in [-0.4, -0.2) is 40.7 Å². The van der Waals surface area contributed by atoms with Crippen molar-refractivity contribution < 1.29 is 14.3 Å². The van der Waals surface area contributed by atoms with Gasteiger partial charge >= 0.3 is 0 Å². The lowest BCUT2D eigenvalue weighted by Crippen LogP contribution is -2.25. The van der Waals surface area contributed by atoms with Crippen molar-refractivity contribution in [1.82, 2.24) is 19.9 Å². The van der Waals surface area contributed by atoms with Crippen molar-refractivity contribution >= 4 is 23.0 Å². The maximum Gasteiger partial charge on any atom is 0.269 e. The average Bonchev–Trinajstić information content (AvgIpc) is 3.29. The van der Waals surface area contributed by atoms with Crippen molar-refractivity contribution in [2.24, 2.45) is 0 Å². The number of benzene rings is 2. The number of hydrogen-bond acceptors (Lipinski definition) is 5. The molecule has 37 heavy (non-hydrogen) atoms. The summed E-state index contributed by atoms with van der Waals surface area (Å²) in [5.41, 5.74) is 3.65. The molecule has 0 unspecified atom stereocenters. The van der Waals surface area contributed by atoms with E-state index in [-0.39, 0.29) is 5.91 Å².